The van der Waals surface area contributed by atoms with Crippen molar-refractivity contribution < 1.29 is 4.79 Å². The summed E-state index contributed by atoms with van der Waals surface area (Å²) in [6, 6.07) is 10.1. The van der Waals surface area contributed by atoms with Crippen LogP contribution in [0.4, 0.5) is 0 Å². The van der Waals surface area contributed by atoms with Gasteiger partial charge in [0.1, 0.15) is 0 Å². The minimum atomic E-state index is 0. The number of rotatable bonds is 6. The molecule has 3 nitrogen and oxygen atoms in total. The van der Waals surface area contributed by atoms with Crippen LogP contribution in [0.15, 0.2) is 35.2 Å². The molecule has 3 N–H and O–H groups in total. The van der Waals surface area contributed by atoms with Crippen molar-refractivity contribution in [2.24, 2.45) is 11.7 Å². The summed E-state index contributed by atoms with van der Waals surface area (Å²) in [7, 11) is 0. The van der Waals surface area contributed by atoms with Crippen molar-refractivity contribution >= 4 is 30.1 Å². The zero-order valence-electron chi connectivity index (χ0n) is 10.2. The van der Waals surface area contributed by atoms with Gasteiger partial charge in [-0.25, -0.2) is 0 Å². The minimum Gasteiger partial charge on any atom is -0.354 e. The third-order valence-corrected chi connectivity index (χ3v) is 3.89. The van der Waals surface area contributed by atoms with Crippen molar-refractivity contribution in [1.82, 2.24) is 5.32 Å². The van der Waals surface area contributed by atoms with Crippen molar-refractivity contribution in [3.63, 3.8) is 0 Å². The number of amides is 1. The number of nitrogens with two attached hydrogens (primary N) is 1. The van der Waals surface area contributed by atoms with E-state index < -0.39 is 0 Å². The quantitative estimate of drug-likeness (QED) is 0.787. The molecule has 1 fully saturated rings. The molecule has 18 heavy (non-hydrogen) atoms. The van der Waals surface area contributed by atoms with Gasteiger partial charge in [0.2, 0.25) is 5.91 Å². The molecule has 1 unspecified atom stereocenters. The first kappa shape index (κ1) is 15.3. The number of halogens is 1. The Hall–Kier alpha value is -0.710. The Balaban J connectivity index is 0.00000162. The third kappa shape index (κ3) is 5.29. The molecule has 1 amide bonds. The summed E-state index contributed by atoms with van der Waals surface area (Å²) in [6.07, 6.45) is 2.44. The highest BCUT2D eigenvalue weighted by Gasteiger charge is 2.28. The molecule has 1 aromatic carbocycles. The highest BCUT2D eigenvalue weighted by Crippen LogP contribution is 2.31. The minimum absolute atomic E-state index is 0. The number of hydrogen-bond acceptors (Lipinski definition) is 3. The standard InChI is InChI=1S/C13H18N2OS.ClH/c14-12(10-6-7-10)8-15-13(16)9-17-11-4-2-1-3-5-11;/h1-5,10,12H,6-9,14H2,(H,15,16);1H. The van der Waals surface area contributed by atoms with E-state index in [9.17, 15) is 4.79 Å². The Kier molecular flexibility index (Phi) is 6.54. The van der Waals surface area contributed by atoms with Crippen LogP contribution in [0.5, 0.6) is 0 Å². The van der Waals surface area contributed by atoms with Gasteiger partial charge in [0.05, 0.1) is 5.75 Å². The third-order valence-electron chi connectivity index (χ3n) is 2.88. The van der Waals surface area contributed by atoms with Gasteiger partial charge in [-0.05, 0) is 30.9 Å². The fourth-order valence-electron chi connectivity index (χ4n) is 1.64. The van der Waals surface area contributed by atoms with Gasteiger partial charge >= 0.3 is 0 Å². The lowest BCUT2D eigenvalue weighted by Gasteiger charge is -2.11. The Labute approximate surface area is 118 Å². The van der Waals surface area contributed by atoms with Crippen LogP contribution in [0.2, 0.25) is 0 Å². The lowest BCUT2D eigenvalue weighted by Crippen LogP contribution is -2.39. The second kappa shape index (κ2) is 7.67. The highest BCUT2D eigenvalue weighted by atomic mass is 35.5. The molecule has 0 bridgehead atoms. The van der Waals surface area contributed by atoms with E-state index in [4.69, 9.17) is 5.73 Å². The van der Waals surface area contributed by atoms with E-state index in [1.165, 1.54) is 12.8 Å². The number of carbonyl (C=O) groups is 1. The lowest BCUT2D eigenvalue weighted by atomic mass is 10.2. The molecular weight excluding hydrogens is 268 g/mol. The number of hydrogen-bond donors (Lipinski definition) is 2. The second-order valence-electron chi connectivity index (χ2n) is 4.41. The summed E-state index contributed by atoms with van der Waals surface area (Å²) in [6.45, 7) is 0.610. The highest BCUT2D eigenvalue weighted by molar-refractivity contribution is 8.00. The molecule has 0 saturated heterocycles. The van der Waals surface area contributed by atoms with Crippen LogP contribution in [-0.2, 0) is 4.79 Å². The number of nitrogens with one attached hydrogen (secondary N) is 1. The van der Waals surface area contributed by atoms with Crippen LogP contribution in [-0.4, -0.2) is 24.2 Å². The summed E-state index contributed by atoms with van der Waals surface area (Å²) >= 11 is 1.55. The van der Waals surface area contributed by atoms with Crippen molar-refractivity contribution in [2.45, 2.75) is 23.8 Å². The molecular formula is C13H19ClN2OS. The molecule has 0 aromatic heterocycles. The molecule has 0 spiro atoms. The van der Waals surface area contributed by atoms with Crippen molar-refractivity contribution in [1.29, 1.82) is 0 Å². The number of benzene rings is 1. The fourth-order valence-corrected chi connectivity index (χ4v) is 2.39. The van der Waals surface area contributed by atoms with Gasteiger partial charge in [-0.3, -0.25) is 4.79 Å². The van der Waals surface area contributed by atoms with Crippen LogP contribution >= 0.6 is 24.2 Å². The normalized spacial score (nSPS) is 15.6. The zero-order chi connectivity index (χ0) is 12.1. The maximum Gasteiger partial charge on any atom is 0.230 e. The summed E-state index contributed by atoms with van der Waals surface area (Å²) in [5.41, 5.74) is 5.91. The van der Waals surface area contributed by atoms with Gasteiger partial charge in [-0.2, -0.15) is 0 Å². The molecule has 5 heteroatoms. The van der Waals surface area contributed by atoms with E-state index in [2.05, 4.69) is 5.32 Å². The molecule has 1 aliphatic rings. The molecule has 0 aliphatic heterocycles. The van der Waals surface area contributed by atoms with Crippen LogP contribution < -0.4 is 11.1 Å². The first-order chi connectivity index (χ1) is 8.25. The van der Waals surface area contributed by atoms with Gasteiger partial charge in [0, 0.05) is 17.5 Å². The van der Waals surface area contributed by atoms with E-state index in [1.807, 2.05) is 30.3 Å². The summed E-state index contributed by atoms with van der Waals surface area (Å²) in [5.74, 6) is 1.16. The van der Waals surface area contributed by atoms with E-state index in [1.54, 1.807) is 11.8 Å². The lowest BCUT2D eigenvalue weighted by molar-refractivity contribution is -0.118. The van der Waals surface area contributed by atoms with E-state index in [0.29, 0.717) is 18.2 Å². The van der Waals surface area contributed by atoms with Gasteiger partial charge in [-0.15, -0.1) is 24.2 Å². The van der Waals surface area contributed by atoms with Crippen molar-refractivity contribution in [3.8, 4) is 0 Å². The zero-order valence-corrected chi connectivity index (χ0v) is 11.8. The van der Waals surface area contributed by atoms with E-state index in [-0.39, 0.29) is 24.4 Å². The fraction of sp³-hybridized carbons (Fsp3) is 0.462. The number of thioether (sulfide) groups is 1. The average Bonchev–Trinajstić information content (AvgIpc) is 3.19. The molecule has 1 aliphatic carbocycles. The van der Waals surface area contributed by atoms with E-state index >= 15 is 0 Å². The van der Waals surface area contributed by atoms with Crippen LogP contribution in [0.3, 0.4) is 0 Å². The van der Waals surface area contributed by atoms with Gasteiger partial charge < -0.3 is 11.1 Å². The first-order valence-corrected chi connectivity index (χ1v) is 6.94. The van der Waals surface area contributed by atoms with Crippen molar-refractivity contribution in [3.05, 3.63) is 30.3 Å². The molecule has 1 aromatic rings. The smallest absolute Gasteiger partial charge is 0.230 e. The Bertz CT molecular complexity index is 371. The maximum absolute atomic E-state index is 11.6. The summed E-state index contributed by atoms with van der Waals surface area (Å²) < 4.78 is 0. The second-order valence-corrected chi connectivity index (χ2v) is 5.46. The van der Waals surface area contributed by atoms with E-state index in [0.717, 1.165) is 4.90 Å². The molecule has 1 atom stereocenters. The Morgan fingerprint density at radius 1 is 1.39 bits per heavy atom. The SMILES string of the molecule is Cl.NC(CNC(=O)CSc1ccccc1)C1CC1. The Morgan fingerprint density at radius 2 is 2.06 bits per heavy atom. The predicted molar refractivity (Wildman–Crippen MR) is 78.1 cm³/mol. The predicted octanol–water partition coefficient (Wildman–Crippen LogP) is 2.05. The maximum atomic E-state index is 11.6. The summed E-state index contributed by atoms with van der Waals surface area (Å²) in [5, 5.41) is 2.89. The Morgan fingerprint density at radius 3 is 2.67 bits per heavy atom. The molecule has 1 saturated carbocycles. The van der Waals surface area contributed by atoms with Crippen molar-refractivity contribution in [2.75, 3.05) is 12.3 Å². The number of carbonyl (C=O) groups excluding carboxylic acids is 1. The summed E-state index contributed by atoms with van der Waals surface area (Å²) in [4.78, 5) is 12.7. The first-order valence-electron chi connectivity index (χ1n) is 5.96. The van der Waals surface area contributed by atoms with Crippen LogP contribution in [0.1, 0.15) is 12.8 Å². The molecule has 2 rings (SSSR count). The monoisotopic (exact) mass is 286 g/mol. The van der Waals surface area contributed by atoms with Gasteiger partial charge in [0.15, 0.2) is 0 Å². The van der Waals surface area contributed by atoms with Crippen LogP contribution in [0, 0.1) is 5.92 Å². The average molecular weight is 287 g/mol. The molecule has 100 valence electrons. The van der Waals surface area contributed by atoms with Gasteiger partial charge in [0.25, 0.3) is 0 Å². The van der Waals surface area contributed by atoms with Gasteiger partial charge in [-0.1, -0.05) is 18.2 Å². The largest absolute Gasteiger partial charge is 0.354 e. The van der Waals surface area contributed by atoms with Crippen LogP contribution in [0.25, 0.3) is 0 Å². The molecule has 0 heterocycles. The molecule has 0 radical (unpaired) electrons. The topological polar surface area (TPSA) is 55.1 Å².